The Balaban J connectivity index is 1.05. The molecule has 0 amide bonds. The van der Waals surface area contributed by atoms with E-state index in [1.165, 1.54) is 12.1 Å². The van der Waals surface area contributed by atoms with Crippen molar-refractivity contribution in [3.63, 3.8) is 0 Å². The predicted molar refractivity (Wildman–Crippen MR) is 247 cm³/mol. The molecule has 10 aromatic rings. The number of aromatic nitrogens is 4. The van der Waals surface area contributed by atoms with Gasteiger partial charge in [-0.05, 0) is 45.5 Å². The van der Waals surface area contributed by atoms with Crippen molar-refractivity contribution in [2.24, 2.45) is 0 Å². The van der Waals surface area contributed by atoms with Gasteiger partial charge in [-0.1, -0.05) is 218 Å². The van der Waals surface area contributed by atoms with E-state index in [1.807, 2.05) is 72.8 Å². The van der Waals surface area contributed by atoms with Gasteiger partial charge in [0.15, 0.2) is 11.6 Å². The molecule has 0 aliphatic rings. The highest BCUT2D eigenvalue weighted by Gasteiger charge is 2.16. The molecule has 0 atom stereocenters. The molecule has 8 aromatic carbocycles. The molecule has 4 nitrogen and oxygen atoms in total. The summed E-state index contributed by atoms with van der Waals surface area (Å²) in [5.74, 6) is -0.651. The lowest BCUT2D eigenvalue weighted by atomic mass is 9.89. The molecule has 10 rings (SSSR count). The second kappa shape index (κ2) is 16.4. The second-order valence-electron chi connectivity index (χ2n) is 13.2. The van der Waals surface area contributed by atoms with Crippen LogP contribution in [0.25, 0.3) is 101 Å². The SMILES string of the molecule is [2H]c1c([2H])c([2H])c(-c2cc(-c3ccc(-c4ccccc4-c4ccccc4-c4ccc(-c5cc(-c6c([2H])c([2H])c([2H])c([2H])c6[2H])nc(-c6c([2H])c([2H])c([2H])c([2H])c6[2H])n5)cc4)cc3)nc(-c3c([2H])c([2H])c([2H])c([2H])c3[2H])n2)c([2H])c1[2H]. The van der Waals surface area contributed by atoms with Crippen LogP contribution in [0.1, 0.15) is 27.4 Å². The van der Waals surface area contributed by atoms with Gasteiger partial charge in [0, 0.05) is 33.4 Å². The van der Waals surface area contributed by atoms with Gasteiger partial charge in [-0.25, -0.2) is 19.9 Å². The highest BCUT2D eigenvalue weighted by molar-refractivity contribution is 5.92. The maximum atomic E-state index is 8.71. The van der Waals surface area contributed by atoms with Crippen molar-refractivity contribution >= 4 is 0 Å². The maximum absolute atomic E-state index is 8.71. The summed E-state index contributed by atoms with van der Waals surface area (Å²) in [5.41, 5.74) is 4.53. The number of nitrogens with zero attached hydrogens (tertiary/aromatic N) is 4. The molecule has 0 aliphatic carbocycles. The van der Waals surface area contributed by atoms with Crippen LogP contribution in [0.15, 0.2) is 230 Å². The van der Waals surface area contributed by atoms with Crippen LogP contribution in [-0.2, 0) is 0 Å². The minimum absolute atomic E-state index is 0.138. The zero-order valence-electron chi connectivity index (χ0n) is 51.2. The first-order valence-corrected chi connectivity index (χ1v) is 18.5. The Morgan fingerprint density at radius 3 is 0.850 bits per heavy atom. The van der Waals surface area contributed by atoms with E-state index < -0.39 is 121 Å². The van der Waals surface area contributed by atoms with Crippen molar-refractivity contribution < 1.29 is 27.4 Å². The molecule has 0 unspecified atom stereocenters. The highest BCUT2D eigenvalue weighted by atomic mass is 14.9. The Hall–Kier alpha value is -8.08. The summed E-state index contributed by atoms with van der Waals surface area (Å²) < 4.78 is 169. The Morgan fingerprint density at radius 2 is 0.517 bits per heavy atom. The predicted octanol–water partition coefficient (Wildman–Crippen LogP) is 14.3. The molecule has 0 N–H and O–H groups in total. The van der Waals surface area contributed by atoms with Crippen molar-refractivity contribution in [3.05, 3.63) is 230 Å². The van der Waals surface area contributed by atoms with Crippen LogP contribution in [0.2, 0.25) is 0 Å². The molecule has 282 valence electrons. The van der Waals surface area contributed by atoms with E-state index in [0.717, 1.165) is 33.4 Å². The molecule has 4 heteroatoms. The van der Waals surface area contributed by atoms with E-state index in [-0.39, 0.29) is 56.7 Å². The number of benzene rings is 8. The van der Waals surface area contributed by atoms with Gasteiger partial charge >= 0.3 is 0 Å². The quantitative estimate of drug-likeness (QED) is 0.146. The van der Waals surface area contributed by atoms with Gasteiger partial charge in [-0.15, -0.1) is 0 Å². The van der Waals surface area contributed by atoms with Gasteiger partial charge in [-0.2, -0.15) is 0 Å². The Bertz CT molecular complexity index is 3680. The molecule has 0 saturated heterocycles. The first kappa shape index (κ1) is 20.6. The third kappa shape index (κ3) is 7.53. The fraction of sp³-hybridized carbons (Fsp3) is 0. The van der Waals surface area contributed by atoms with Crippen molar-refractivity contribution in [3.8, 4) is 101 Å². The molecule has 2 heterocycles. The van der Waals surface area contributed by atoms with E-state index in [4.69, 9.17) is 27.4 Å². The third-order valence-corrected chi connectivity index (χ3v) is 9.54. The van der Waals surface area contributed by atoms with Crippen LogP contribution in [0, 0.1) is 0 Å². The summed E-state index contributed by atoms with van der Waals surface area (Å²) in [7, 11) is 0. The average molecular weight is 787 g/mol. The molecule has 0 bridgehead atoms. The van der Waals surface area contributed by atoms with Gasteiger partial charge in [-0.3, -0.25) is 0 Å². The van der Waals surface area contributed by atoms with E-state index in [9.17, 15) is 0 Å². The molecule has 2 aromatic heterocycles. The van der Waals surface area contributed by atoms with Crippen molar-refractivity contribution in [1.29, 1.82) is 0 Å². The topological polar surface area (TPSA) is 51.6 Å². The van der Waals surface area contributed by atoms with Crippen LogP contribution in [0.3, 0.4) is 0 Å². The summed E-state index contributed by atoms with van der Waals surface area (Å²) in [5, 5.41) is 0. The van der Waals surface area contributed by atoms with Gasteiger partial charge in [0.1, 0.15) is 0 Å². The standard InChI is InChI=1S/C56H38N4/c1-5-17-41(18-6-1)51-37-53(59-55(57-51)45-21-9-3-10-22-45)43-33-29-39(30-34-43)47-25-13-15-27-49(47)50-28-16-14-26-48(50)40-31-35-44(36-32-40)54-38-52(42-19-7-2-8-20-42)58-56(60-54)46-23-11-4-12-24-46/h1-38H/i1D,2D,3D,4D,5D,6D,7D,8D,9D,10D,11D,12D,17D,18D,19D,20D,21D,22D,23D,24D. The first-order chi connectivity index (χ1) is 38.0. The Labute approximate surface area is 378 Å². The molecule has 0 radical (unpaired) electrons. The van der Waals surface area contributed by atoms with E-state index >= 15 is 0 Å². The normalized spacial score (nSPS) is 15.7. The molecule has 0 spiro atoms. The lowest BCUT2D eigenvalue weighted by molar-refractivity contribution is 1.18. The largest absolute Gasteiger partial charge is 0.228 e. The van der Waals surface area contributed by atoms with Gasteiger partial charge in [0.25, 0.3) is 0 Å². The zero-order valence-corrected chi connectivity index (χ0v) is 31.2. The third-order valence-electron chi connectivity index (χ3n) is 9.54. The summed E-state index contributed by atoms with van der Waals surface area (Å²) in [4.78, 5) is 18.3. The van der Waals surface area contributed by atoms with E-state index in [1.54, 1.807) is 24.3 Å². The van der Waals surface area contributed by atoms with Gasteiger partial charge < -0.3 is 0 Å². The van der Waals surface area contributed by atoms with Gasteiger partial charge in [0.2, 0.25) is 0 Å². The number of rotatable bonds is 9. The van der Waals surface area contributed by atoms with E-state index in [0.29, 0.717) is 11.1 Å². The summed E-state index contributed by atoms with van der Waals surface area (Å²) in [6.07, 6.45) is 0. The fourth-order valence-corrected chi connectivity index (χ4v) is 6.73. The van der Waals surface area contributed by atoms with Crippen LogP contribution >= 0.6 is 0 Å². The maximum Gasteiger partial charge on any atom is 0.160 e. The molecule has 0 fully saturated rings. The molecular formula is C56H38N4. The summed E-state index contributed by atoms with van der Waals surface area (Å²) in [6.45, 7) is 0. The molecule has 0 aliphatic heterocycles. The van der Waals surface area contributed by atoms with Crippen molar-refractivity contribution in [1.82, 2.24) is 19.9 Å². The monoisotopic (exact) mass is 786 g/mol. The van der Waals surface area contributed by atoms with Crippen molar-refractivity contribution in [2.75, 3.05) is 0 Å². The molecule has 0 saturated carbocycles. The smallest absolute Gasteiger partial charge is 0.160 e. The summed E-state index contributed by atoms with van der Waals surface area (Å²) in [6, 6.07) is 20.3. The minimum atomic E-state index is -0.638. The fourth-order valence-electron chi connectivity index (χ4n) is 6.73. The zero-order chi connectivity index (χ0) is 57.5. The second-order valence-corrected chi connectivity index (χ2v) is 13.2. The highest BCUT2D eigenvalue weighted by Crippen LogP contribution is 2.39. The molecule has 60 heavy (non-hydrogen) atoms. The average Bonchev–Trinajstić information content (AvgIpc) is 3.48. The molecular weight excluding hydrogens is 729 g/mol. The van der Waals surface area contributed by atoms with E-state index in [2.05, 4.69) is 19.9 Å². The van der Waals surface area contributed by atoms with Gasteiger partial charge in [0.05, 0.1) is 50.2 Å². The first-order valence-electron chi connectivity index (χ1n) is 28.5. The van der Waals surface area contributed by atoms with Crippen molar-refractivity contribution in [2.45, 2.75) is 0 Å². The van der Waals surface area contributed by atoms with Crippen LogP contribution < -0.4 is 0 Å². The minimum Gasteiger partial charge on any atom is -0.228 e. The summed E-state index contributed by atoms with van der Waals surface area (Å²) >= 11 is 0. The number of hydrogen-bond acceptors (Lipinski definition) is 4. The number of hydrogen-bond donors (Lipinski definition) is 0. The lowest BCUT2D eigenvalue weighted by Gasteiger charge is -2.16. The Kier molecular flexibility index (Phi) is 5.62. The van der Waals surface area contributed by atoms with Crippen LogP contribution in [-0.4, -0.2) is 19.9 Å². The van der Waals surface area contributed by atoms with Crippen LogP contribution in [0.4, 0.5) is 0 Å². The Morgan fingerprint density at radius 1 is 0.250 bits per heavy atom. The lowest BCUT2D eigenvalue weighted by Crippen LogP contribution is -1.96. The van der Waals surface area contributed by atoms with Crippen LogP contribution in [0.5, 0.6) is 0 Å².